The Kier molecular flexibility index (Phi) is 5.49. The quantitative estimate of drug-likeness (QED) is 0.407. The standard InChI is InChI=1S/C24H23ClN6O/c1-16-14-30(15-27-16)20-8-5-17(12-21(20)32-2)6-10-23-28-24-19(4-3-11-31(24)29-23)18-7-9-22(25)26-13-18/h5-10,12-15,19H,3-4,11H2,1-2H3/b10-6+. The number of benzene rings is 1. The second kappa shape index (κ2) is 8.59. The van der Waals surface area contributed by atoms with E-state index >= 15 is 0 Å². The van der Waals surface area contributed by atoms with E-state index in [9.17, 15) is 0 Å². The van der Waals surface area contributed by atoms with Crippen LogP contribution < -0.4 is 4.74 Å². The van der Waals surface area contributed by atoms with E-state index in [4.69, 9.17) is 26.4 Å². The third-order valence-corrected chi connectivity index (χ3v) is 5.89. The van der Waals surface area contributed by atoms with Crippen molar-refractivity contribution in [3.8, 4) is 11.4 Å². The van der Waals surface area contributed by atoms with Crippen molar-refractivity contribution in [2.24, 2.45) is 0 Å². The van der Waals surface area contributed by atoms with Crippen LogP contribution in [0.15, 0.2) is 49.1 Å². The molecule has 8 heteroatoms. The molecule has 0 amide bonds. The van der Waals surface area contributed by atoms with Crippen LogP contribution >= 0.6 is 11.6 Å². The highest BCUT2D eigenvalue weighted by Crippen LogP contribution is 2.32. The third-order valence-electron chi connectivity index (χ3n) is 5.66. The summed E-state index contributed by atoms with van der Waals surface area (Å²) in [7, 11) is 1.67. The first-order chi connectivity index (χ1) is 15.6. The smallest absolute Gasteiger partial charge is 0.174 e. The van der Waals surface area contributed by atoms with E-state index in [-0.39, 0.29) is 5.92 Å². The Morgan fingerprint density at radius 1 is 1.16 bits per heavy atom. The molecule has 0 saturated carbocycles. The number of fused-ring (bicyclic) bond motifs is 1. The molecule has 1 aromatic carbocycles. The van der Waals surface area contributed by atoms with Crippen molar-refractivity contribution >= 4 is 23.8 Å². The highest BCUT2D eigenvalue weighted by Gasteiger charge is 2.25. The van der Waals surface area contributed by atoms with Crippen LogP contribution in [0.5, 0.6) is 5.75 Å². The van der Waals surface area contributed by atoms with Crippen LogP contribution in [0.3, 0.4) is 0 Å². The lowest BCUT2D eigenvalue weighted by Crippen LogP contribution is -2.18. The van der Waals surface area contributed by atoms with Crippen molar-refractivity contribution in [3.63, 3.8) is 0 Å². The highest BCUT2D eigenvalue weighted by molar-refractivity contribution is 6.29. The molecule has 1 atom stereocenters. The molecule has 1 unspecified atom stereocenters. The van der Waals surface area contributed by atoms with E-state index in [1.807, 2.05) is 71.1 Å². The van der Waals surface area contributed by atoms with Gasteiger partial charge in [0.2, 0.25) is 0 Å². The van der Waals surface area contributed by atoms with E-state index in [0.29, 0.717) is 11.0 Å². The van der Waals surface area contributed by atoms with Gasteiger partial charge in [-0.3, -0.25) is 0 Å². The Labute approximate surface area is 191 Å². The summed E-state index contributed by atoms with van der Waals surface area (Å²) in [6, 6.07) is 9.92. The highest BCUT2D eigenvalue weighted by atomic mass is 35.5. The van der Waals surface area contributed by atoms with E-state index in [1.54, 1.807) is 13.4 Å². The molecule has 0 radical (unpaired) electrons. The van der Waals surface area contributed by atoms with Gasteiger partial charge in [-0.05, 0) is 55.2 Å². The minimum absolute atomic E-state index is 0.182. The molecule has 4 aromatic rings. The number of hydrogen-bond acceptors (Lipinski definition) is 5. The molecule has 0 spiro atoms. The van der Waals surface area contributed by atoms with Crippen LogP contribution in [0.4, 0.5) is 0 Å². The lowest BCUT2D eigenvalue weighted by atomic mass is 9.92. The number of imidazole rings is 1. The Morgan fingerprint density at radius 3 is 2.81 bits per heavy atom. The average molecular weight is 447 g/mol. The van der Waals surface area contributed by atoms with E-state index < -0.39 is 0 Å². The number of aromatic nitrogens is 6. The van der Waals surface area contributed by atoms with Crippen LogP contribution in [0, 0.1) is 6.92 Å². The molecule has 162 valence electrons. The topological polar surface area (TPSA) is 70.7 Å². The molecule has 5 rings (SSSR count). The average Bonchev–Trinajstić information content (AvgIpc) is 3.43. The number of pyridine rings is 1. The fourth-order valence-electron chi connectivity index (χ4n) is 4.08. The van der Waals surface area contributed by atoms with Crippen molar-refractivity contribution in [2.45, 2.75) is 32.2 Å². The summed E-state index contributed by atoms with van der Waals surface area (Å²) in [5.74, 6) is 2.63. The van der Waals surface area contributed by atoms with Gasteiger partial charge in [0.1, 0.15) is 16.7 Å². The van der Waals surface area contributed by atoms with E-state index in [0.717, 1.165) is 53.5 Å². The first-order valence-electron chi connectivity index (χ1n) is 10.5. The first-order valence-corrected chi connectivity index (χ1v) is 10.9. The number of ether oxygens (including phenoxy) is 1. The van der Waals surface area contributed by atoms with Gasteiger partial charge in [0.25, 0.3) is 0 Å². The van der Waals surface area contributed by atoms with E-state index in [2.05, 4.69) is 9.97 Å². The molecule has 7 nitrogen and oxygen atoms in total. The molecule has 1 aliphatic heterocycles. The van der Waals surface area contributed by atoms with Crippen molar-refractivity contribution in [2.75, 3.05) is 7.11 Å². The minimum atomic E-state index is 0.182. The summed E-state index contributed by atoms with van der Waals surface area (Å²) in [6.45, 7) is 2.84. The molecule has 0 fully saturated rings. The zero-order valence-corrected chi connectivity index (χ0v) is 18.7. The van der Waals surface area contributed by atoms with Gasteiger partial charge >= 0.3 is 0 Å². The normalized spacial score (nSPS) is 15.8. The van der Waals surface area contributed by atoms with Crippen molar-refractivity contribution in [1.29, 1.82) is 0 Å². The number of methoxy groups -OCH3 is 1. The maximum atomic E-state index is 5.95. The van der Waals surface area contributed by atoms with Gasteiger partial charge in [-0.25, -0.2) is 19.6 Å². The van der Waals surface area contributed by atoms with Crippen LogP contribution in [0.25, 0.3) is 17.8 Å². The Balaban J connectivity index is 1.40. The van der Waals surface area contributed by atoms with Crippen LogP contribution in [0.2, 0.25) is 5.15 Å². The van der Waals surface area contributed by atoms with Crippen molar-refractivity contribution < 1.29 is 4.74 Å². The zero-order chi connectivity index (χ0) is 22.1. The summed E-state index contributed by atoms with van der Waals surface area (Å²) >= 11 is 5.95. The minimum Gasteiger partial charge on any atom is -0.495 e. The van der Waals surface area contributed by atoms with Crippen molar-refractivity contribution in [3.05, 3.63) is 82.7 Å². The second-order valence-corrected chi connectivity index (χ2v) is 8.23. The number of halogens is 1. The summed E-state index contributed by atoms with van der Waals surface area (Å²) in [5, 5.41) is 5.20. The molecule has 32 heavy (non-hydrogen) atoms. The van der Waals surface area contributed by atoms with Crippen molar-refractivity contribution in [1.82, 2.24) is 29.3 Å². The molecule has 0 N–H and O–H groups in total. The Morgan fingerprint density at radius 2 is 2.06 bits per heavy atom. The lowest BCUT2D eigenvalue weighted by Gasteiger charge is -2.22. The number of rotatable bonds is 5. The van der Waals surface area contributed by atoms with Gasteiger partial charge in [0.15, 0.2) is 5.82 Å². The van der Waals surface area contributed by atoms with Gasteiger partial charge in [-0.1, -0.05) is 29.8 Å². The molecule has 0 aliphatic carbocycles. The van der Waals surface area contributed by atoms with Crippen LogP contribution in [-0.2, 0) is 6.54 Å². The second-order valence-electron chi connectivity index (χ2n) is 7.85. The fraction of sp³-hybridized carbons (Fsp3) is 0.250. The molecular weight excluding hydrogens is 424 g/mol. The Bertz CT molecular complexity index is 1270. The molecule has 0 bridgehead atoms. The van der Waals surface area contributed by atoms with Gasteiger partial charge in [-0.15, -0.1) is 0 Å². The van der Waals surface area contributed by atoms with Gasteiger partial charge < -0.3 is 9.30 Å². The van der Waals surface area contributed by atoms with Crippen LogP contribution in [-0.4, -0.2) is 36.4 Å². The molecule has 3 aromatic heterocycles. The third kappa shape index (κ3) is 4.03. The summed E-state index contributed by atoms with van der Waals surface area (Å²) < 4.78 is 9.57. The van der Waals surface area contributed by atoms with Crippen LogP contribution in [0.1, 0.15) is 47.2 Å². The molecule has 4 heterocycles. The Hall–Kier alpha value is -3.45. The molecule has 0 saturated heterocycles. The molecule has 1 aliphatic rings. The van der Waals surface area contributed by atoms with E-state index in [1.165, 1.54) is 0 Å². The number of aryl methyl sites for hydroxylation is 2. The number of nitrogens with zero attached hydrogens (tertiary/aromatic N) is 6. The maximum Gasteiger partial charge on any atom is 0.174 e. The zero-order valence-electron chi connectivity index (χ0n) is 17.9. The van der Waals surface area contributed by atoms with Gasteiger partial charge in [0.05, 0.1) is 24.8 Å². The summed E-state index contributed by atoms with van der Waals surface area (Å²) in [5.41, 5.74) is 4.03. The van der Waals surface area contributed by atoms with Gasteiger partial charge in [0, 0.05) is 24.9 Å². The summed E-state index contributed by atoms with van der Waals surface area (Å²) in [4.78, 5) is 13.3. The largest absolute Gasteiger partial charge is 0.495 e. The lowest BCUT2D eigenvalue weighted by molar-refractivity contribution is 0.413. The molecular formula is C24H23ClN6O. The summed E-state index contributed by atoms with van der Waals surface area (Å²) in [6.07, 6.45) is 11.6. The number of hydrogen-bond donors (Lipinski definition) is 0. The van der Waals surface area contributed by atoms with Gasteiger partial charge in [-0.2, -0.15) is 5.10 Å². The fourth-order valence-corrected chi connectivity index (χ4v) is 4.20. The monoisotopic (exact) mass is 446 g/mol. The predicted molar refractivity (Wildman–Crippen MR) is 124 cm³/mol. The first kappa shape index (κ1) is 20.5. The maximum absolute atomic E-state index is 5.95. The predicted octanol–water partition coefficient (Wildman–Crippen LogP) is 4.93. The SMILES string of the molecule is COc1cc(/C=C/c2nc3n(n2)CCCC3c2ccc(Cl)nc2)ccc1-n1cnc(C)c1.